The van der Waals surface area contributed by atoms with Crippen LogP contribution in [-0.4, -0.2) is 55.0 Å². The van der Waals surface area contributed by atoms with Crippen molar-refractivity contribution in [2.24, 2.45) is 0 Å². The van der Waals surface area contributed by atoms with Crippen LogP contribution < -0.4 is 4.74 Å². The number of amides is 1. The van der Waals surface area contributed by atoms with Gasteiger partial charge in [0.1, 0.15) is 12.4 Å². The fourth-order valence-electron chi connectivity index (χ4n) is 2.60. The molecule has 1 aliphatic heterocycles. The van der Waals surface area contributed by atoms with Crippen LogP contribution in [0.3, 0.4) is 0 Å². The van der Waals surface area contributed by atoms with E-state index >= 15 is 0 Å². The van der Waals surface area contributed by atoms with E-state index in [1.807, 2.05) is 4.90 Å². The first kappa shape index (κ1) is 14.9. The monoisotopic (exact) mass is 276 g/mol. The summed E-state index contributed by atoms with van der Waals surface area (Å²) in [6.45, 7) is 11.0. The summed E-state index contributed by atoms with van der Waals surface area (Å²) in [7, 11) is 0. The van der Waals surface area contributed by atoms with Gasteiger partial charge in [-0.05, 0) is 37.1 Å². The lowest BCUT2D eigenvalue weighted by Gasteiger charge is -2.34. The maximum atomic E-state index is 11.3. The number of benzene rings is 1. The van der Waals surface area contributed by atoms with E-state index in [0.717, 1.165) is 38.5 Å². The first-order chi connectivity index (χ1) is 9.54. The van der Waals surface area contributed by atoms with Gasteiger partial charge in [-0.25, -0.2) is 0 Å². The van der Waals surface area contributed by atoms with Gasteiger partial charge in [-0.1, -0.05) is 6.07 Å². The molecule has 110 valence electrons. The molecule has 1 amide bonds. The van der Waals surface area contributed by atoms with Crippen LogP contribution in [-0.2, 0) is 4.79 Å². The topological polar surface area (TPSA) is 32.8 Å². The minimum Gasteiger partial charge on any atom is -0.492 e. The van der Waals surface area contributed by atoms with E-state index in [1.165, 1.54) is 11.1 Å². The number of piperazine rings is 1. The Hall–Kier alpha value is -1.55. The van der Waals surface area contributed by atoms with Gasteiger partial charge in [0, 0.05) is 39.6 Å². The largest absolute Gasteiger partial charge is 0.492 e. The summed E-state index contributed by atoms with van der Waals surface area (Å²) in [4.78, 5) is 15.5. The second-order valence-corrected chi connectivity index (χ2v) is 5.52. The molecule has 4 nitrogen and oxygen atoms in total. The van der Waals surface area contributed by atoms with Gasteiger partial charge < -0.3 is 9.64 Å². The molecule has 0 radical (unpaired) electrons. The minimum absolute atomic E-state index is 0.177. The van der Waals surface area contributed by atoms with Crippen LogP contribution in [0.15, 0.2) is 18.2 Å². The van der Waals surface area contributed by atoms with Crippen molar-refractivity contribution in [3.63, 3.8) is 0 Å². The third-order valence-electron chi connectivity index (χ3n) is 3.69. The van der Waals surface area contributed by atoms with Gasteiger partial charge in [-0.2, -0.15) is 0 Å². The highest BCUT2D eigenvalue weighted by Gasteiger charge is 2.17. The molecular weight excluding hydrogens is 252 g/mol. The van der Waals surface area contributed by atoms with Crippen molar-refractivity contribution in [2.75, 3.05) is 39.3 Å². The van der Waals surface area contributed by atoms with E-state index in [0.29, 0.717) is 6.61 Å². The number of nitrogens with zero attached hydrogens (tertiary/aromatic N) is 2. The molecule has 0 aliphatic carbocycles. The van der Waals surface area contributed by atoms with Crippen molar-refractivity contribution in [1.82, 2.24) is 9.80 Å². The number of carbonyl (C=O) groups is 1. The summed E-state index contributed by atoms with van der Waals surface area (Å²) in [5.41, 5.74) is 2.46. The third kappa shape index (κ3) is 4.23. The molecule has 0 saturated carbocycles. The van der Waals surface area contributed by atoms with Crippen LogP contribution in [0.5, 0.6) is 5.75 Å². The molecule has 1 aliphatic rings. The van der Waals surface area contributed by atoms with Crippen LogP contribution in [0.4, 0.5) is 0 Å². The third-order valence-corrected chi connectivity index (χ3v) is 3.69. The van der Waals surface area contributed by atoms with Gasteiger partial charge in [0.15, 0.2) is 0 Å². The lowest BCUT2D eigenvalue weighted by molar-refractivity contribution is -0.130. The summed E-state index contributed by atoms with van der Waals surface area (Å²) in [5.74, 6) is 1.13. The summed E-state index contributed by atoms with van der Waals surface area (Å²) in [6.07, 6.45) is 0. The Morgan fingerprint density at radius 3 is 2.25 bits per heavy atom. The summed E-state index contributed by atoms with van der Waals surface area (Å²) in [5, 5.41) is 0. The highest BCUT2D eigenvalue weighted by molar-refractivity contribution is 5.73. The van der Waals surface area contributed by atoms with E-state index in [9.17, 15) is 4.79 Å². The fourth-order valence-corrected chi connectivity index (χ4v) is 2.60. The molecule has 1 saturated heterocycles. The smallest absolute Gasteiger partial charge is 0.219 e. The SMILES string of the molecule is CC(=O)N1CCN(CCOc2cc(C)cc(C)c2)CC1. The zero-order chi connectivity index (χ0) is 14.5. The predicted molar refractivity (Wildman–Crippen MR) is 80.1 cm³/mol. The van der Waals surface area contributed by atoms with E-state index in [2.05, 4.69) is 36.9 Å². The molecule has 0 unspecified atom stereocenters. The lowest BCUT2D eigenvalue weighted by Crippen LogP contribution is -2.48. The van der Waals surface area contributed by atoms with E-state index in [-0.39, 0.29) is 5.91 Å². The second-order valence-electron chi connectivity index (χ2n) is 5.52. The van der Waals surface area contributed by atoms with E-state index in [4.69, 9.17) is 4.74 Å². The average Bonchev–Trinajstić information content (AvgIpc) is 2.38. The van der Waals surface area contributed by atoms with E-state index < -0.39 is 0 Å². The number of aryl methyl sites for hydroxylation is 2. The summed E-state index contributed by atoms with van der Waals surface area (Å²) < 4.78 is 5.82. The molecule has 1 aromatic carbocycles. The molecule has 4 heteroatoms. The Balaban J connectivity index is 1.73. The van der Waals surface area contributed by atoms with Crippen LogP contribution >= 0.6 is 0 Å². The van der Waals surface area contributed by atoms with Crippen molar-refractivity contribution >= 4 is 5.91 Å². The van der Waals surface area contributed by atoms with Crippen molar-refractivity contribution in [3.8, 4) is 5.75 Å². The van der Waals surface area contributed by atoms with Crippen LogP contribution in [0.25, 0.3) is 0 Å². The number of rotatable bonds is 4. The Bertz CT molecular complexity index is 445. The zero-order valence-corrected chi connectivity index (χ0v) is 12.7. The quantitative estimate of drug-likeness (QED) is 0.841. The number of hydrogen-bond donors (Lipinski definition) is 0. The summed E-state index contributed by atoms with van der Waals surface area (Å²) in [6, 6.07) is 6.29. The van der Waals surface area contributed by atoms with Gasteiger partial charge in [0.2, 0.25) is 5.91 Å². The Labute approximate surface area is 121 Å². The summed E-state index contributed by atoms with van der Waals surface area (Å²) >= 11 is 0. The molecular formula is C16H24N2O2. The van der Waals surface area contributed by atoms with E-state index in [1.54, 1.807) is 6.92 Å². The molecule has 1 aromatic rings. The number of hydrogen-bond acceptors (Lipinski definition) is 3. The fraction of sp³-hybridized carbons (Fsp3) is 0.562. The van der Waals surface area contributed by atoms with Crippen LogP contribution in [0.1, 0.15) is 18.1 Å². The molecule has 2 rings (SSSR count). The molecule has 0 N–H and O–H groups in total. The number of ether oxygens (including phenoxy) is 1. The van der Waals surface area contributed by atoms with Gasteiger partial charge in [0.25, 0.3) is 0 Å². The standard InChI is InChI=1S/C16H24N2O2/c1-13-10-14(2)12-16(11-13)20-9-8-17-4-6-18(7-5-17)15(3)19/h10-12H,4-9H2,1-3H3. The van der Waals surface area contributed by atoms with Gasteiger partial charge in [0.05, 0.1) is 0 Å². The van der Waals surface area contributed by atoms with Crippen molar-refractivity contribution in [1.29, 1.82) is 0 Å². The molecule has 1 heterocycles. The first-order valence-corrected chi connectivity index (χ1v) is 7.23. The van der Waals surface area contributed by atoms with Crippen LogP contribution in [0, 0.1) is 13.8 Å². The molecule has 1 fully saturated rings. The zero-order valence-electron chi connectivity index (χ0n) is 12.7. The number of carbonyl (C=O) groups excluding carboxylic acids is 1. The minimum atomic E-state index is 0.177. The Morgan fingerprint density at radius 2 is 1.70 bits per heavy atom. The average molecular weight is 276 g/mol. The Kier molecular flexibility index (Phi) is 5.01. The maximum Gasteiger partial charge on any atom is 0.219 e. The highest BCUT2D eigenvalue weighted by atomic mass is 16.5. The molecule has 0 spiro atoms. The lowest BCUT2D eigenvalue weighted by atomic mass is 10.1. The van der Waals surface area contributed by atoms with Crippen LogP contribution in [0.2, 0.25) is 0 Å². The van der Waals surface area contributed by atoms with Gasteiger partial charge in [-0.3, -0.25) is 9.69 Å². The highest BCUT2D eigenvalue weighted by Crippen LogP contribution is 2.16. The normalized spacial score (nSPS) is 16.2. The Morgan fingerprint density at radius 1 is 1.10 bits per heavy atom. The maximum absolute atomic E-state index is 11.3. The molecule has 0 aromatic heterocycles. The van der Waals surface area contributed by atoms with Gasteiger partial charge in [-0.15, -0.1) is 0 Å². The predicted octanol–water partition coefficient (Wildman–Crippen LogP) is 1.85. The molecule has 20 heavy (non-hydrogen) atoms. The van der Waals surface area contributed by atoms with Crippen molar-refractivity contribution in [2.45, 2.75) is 20.8 Å². The molecule has 0 atom stereocenters. The second kappa shape index (κ2) is 6.75. The van der Waals surface area contributed by atoms with Crippen molar-refractivity contribution in [3.05, 3.63) is 29.3 Å². The first-order valence-electron chi connectivity index (χ1n) is 7.23. The molecule has 0 bridgehead atoms. The van der Waals surface area contributed by atoms with Gasteiger partial charge >= 0.3 is 0 Å². The van der Waals surface area contributed by atoms with Crippen molar-refractivity contribution < 1.29 is 9.53 Å².